The van der Waals surface area contributed by atoms with Crippen LogP contribution in [0.4, 0.5) is 5.88 Å². The van der Waals surface area contributed by atoms with Gasteiger partial charge in [-0.25, -0.2) is 4.79 Å². The van der Waals surface area contributed by atoms with Crippen molar-refractivity contribution >= 4 is 22.7 Å². The van der Waals surface area contributed by atoms with Crippen molar-refractivity contribution in [3.63, 3.8) is 0 Å². The number of hydrogen-bond acceptors (Lipinski definition) is 4. The van der Waals surface area contributed by atoms with Gasteiger partial charge in [0.1, 0.15) is 0 Å². The standard InChI is InChI=1S/C10H15NO4S/c1-7(5-6-16(2)14)11-9-4-3-8(15-9)10(12)13/h3-4,7,11H,5-6H2,1-2H3,(H,12,13). The molecule has 0 spiro atoms. The summed E-state index contributed by atoms with van der Waals surface area (Å²) in [5.74, 6) is -0.142. The SMILES string of the molecule is CC(CCS(C)=O)Nc1ccc(C(=O)O)o1. The molecule has 2 atom stereocenters. The number of anilines is 1. The van der Waals surface area contributed by atoms with Crippen molar-refractivity contribution in [3.05, 3.63) is 17.9 Å². The molecule has 1 rings (SSSR count). The van der Waals surface area contributed by atoms with Crippen LogP contribution in [0.25, 0.3) is 0 Å². The van der Waals surface area contributed by atoms with E-state index in [1.54, 1.807) is 12.3 Å². The second-order valence-corrected chi connectivity index (χ2v) is 5.14. The summed E-state index contributed by atoms with van der Waals surface area (Å²) in [4.78, 5) is 10.6. The van der Waals surface area contributed by atoms with E-state index in [4.69, 9.17) is 9.52 Å². The summed E-state index contributed by atoms with van der Waals surface area (Å²) in [6.45, 7) is 1.93. The largest absolute Gasteiger partial charge is 0.475 e. The van der Waals surface area contributed by atoms with Crippen molar-refractivity contribution in [1.82, 2.24) is 0 Å². The number of carboxylic acids is 1. The first-order chi connectivity index (χ1) is 7.49. The molecule has 0 saturated carbocycles. The van der Waals surface area contributed by atoms with Crippen LogP contribution in [0, 0.1) is 0 Å². The number of aromatic carboxylic acids is 1. The first-order valence-electron chi connectivity index (χ1n) is 4.88. The maximum atomic E-state index is 10.9. The van der Waals surface area contributed by atoms with Crippen molar-refractivity contribution in [2.24, 2.45) is 0 Å². The number of carboxylic acid groups (broad SMARTS) is 1. The fourth-order valence-corrected chi connectivity index (χ4v) is 1.87. The summed E-state index contributed by atoms with van der Waals surface area (Å²) in [6, 6.07) is 3.06. The first kappa shape index (κ1) is 12.8. The molecule has 0 aromatic carbocycles. The molecule has 1 aromatic heterocycles. The van der Waals surface area contributed by atoms with Crippen molar-refractivity contribution < 1.29 is 18.5 Å². The van der Waals surface area contributed by atoms with Crippen LogP contribution in [0.15, 0.2) is 16.5 Å². The lowest BCUT2D eigenvalue weighted by Gasteiger charge is -2.11. The molecule has 0 aliphatic rings. The van der Waals surface area contributed by atoms with E-state index in [-0.39, 0.29) is 11.8 Å². The fourth-order valence-electron chi connectivity index (χ4n) is 1.19. The fraction of sp³-hybridized carbons (Fsp3) is 0.500. The van der Waals surface area contributed by atoms with Gasteiger partial charge in [0.05, 0.1) is 0 Å². The molecule has 2 N–H and O–H groups in total. The highest BCUT2D eigenvalue weighted by Gasteiger charge is 2.10. The molecule has 0 amide bonds. The zero-order valence-electron chi connectivity index (χ0n) is 9.23. The number of nitrogens with one attached hydrogen (secondary N) is 1. The third kappa shape index (κ3) is 4.06. The quantitative estimate of drug-likeness (QED) is 0.794. The highest BCUT2D eigenvalue weighted by atomic mass is 32.2. The molecule has 6 heteroatoms. The van der Waals surface area contributed by atoms with Crippen LogP contribution in [-0.4, -0.2) is 33.3 Å². The van der Waals surface area contributed by atoms with Crippen LogP contribution in [0.1, 0.15) is 23.9 Å². The minimum Gasteiger partial charge on any atom is -0.475 e. The molecule has 2 unspecified atom stereocenters. The Bertz CT molecular complexity index is 388. The molecule has 16 heavy (non-hydrogen) atoms. The van der Waals surface area contributed by atoms with Crippen LogP contribution < -0.4 is 5.32 Å². The molecule has 0 aliphatic carbocycles. The Kier molecular flexibility index (Phi) is 4.54. The lowest BCUT2D eigenvalue weighted by molar-refractivity contribution is 0.0663. The van der Waals surface area contributed by atoms with E-state index in [0.717, 1.165) is 6.42 Å². The molecule has 1 heterocycles. The average molecular weight is 245 g/mol. The Morgan fingerprint density at radius 1 is 1.62 bits per heavy atom. The predicted octanol–water partition coefficient (Wildman–Crippen LogP) is 1.55. The highest BCUT2D eigenvalue weighted by Crippen LogP contribution is 2.15. The first-order valence-corrected chi connectivity index (χ1v) is 6.61. The van der Waals surface area contributed by atoms with Gasteiger partial charge in [-0.2, -0.15) is 0 Å². The van der Waals surface area contributed by atoms with Gasteiger partial charge in [-0.3, -0.25) is 4.21 Å². The Morgan fingerprint density at radius 2 is 2.31 bits per heavy atom. The smallest absolute Gasteiger partial charge is 0.371 e. The number of furan rings is 1. The maximum Gasteiger partial charge on any atom is 0.371 e. The van der Waals surface area contributed by atoms with E-state index >= 15 is 0 Å². The maximum absolute atomic E-state index is 10.9. The van der Waals surface area contributed by atoms with Gasteiger partial charge in [0.2, 0.25) is 5.76 Å². The van der Waals surface area contributed by atoms with Crippen molar-refractivity contribution in [2.75, 3.05) is 17.3 Å². The Labute approximate surface area is 96.3 Å². The topological polar surface area (TPSA) is 79.5 Å². The molecule has 0 aliphatic heterocycles. The second-order valence-electron chi connectivity index (χ2n) is 3.58. The van der Waals surface area contributed by atoms with Gasteiger partial charge in [0.25, 0.3) is 0 Å². The molecular weight excluding hydrogens is 230 g/mol. The summed E-state index contributed by atoms with van der Waals surface area (Å²) >= 11 is 0. The zero-order chi connectivity index (χ0) is 12.1. The lowest BCUT2D eigenvalue weighted by Crippen LogP contribution is -2.17. The van der Waals surface area contributed by atoms with Crippen LogP contribution in [0.3, 0.4) is 0 Å². The van der Waals surface area contributed by atoms with E-state index in [1.165, 1.54) is 6.07 Å². The van der Waals surface area contributed by atoms with E-state index in [2.05, 4.69) is 5.32 Å². The van der Waals surface area contributed by atoms with Gasteiger partial charge in [0, 0.05) is 34.9 Å². The van der Waals surface area contributed by atoms with Gasteiger partial charge in [-0.05, 0) is 19.4 Å². The van der Waals surface area contributed by atoms with Crippen molar-refractivity contribution in [3.8, 4) is 0 Å². The third-order valence-corrected chi connectivity index (χ3v) is 2.85. The molecular formula is C10H15NO4S. The van der Waals surface area contributed by atoms with E-state index < -0.39 is 16.8 Å². The number of carbonyl (C=O) groups is 1. The number of hydrogen-bond donors (Lipinski definition) is 2. The Hall–Kier alpha value is -1.30. The lowest BCUT2D eigenvalue weighted by atomic mass is 10.2. The minimum absolute atomic E-state index is 0.0891. The predicted molar refractivity (Wildman–Crippen MR) is 62.3 cm³/mol. The summed E-state index contributed by atoms with van der Waals surface area (Å²) in [5.41, 5.74) is 0. The summed E-state index contributed by atoms with van der Waals surface area (Å²) in [7, 11) is -0.811. The Balaban J connectivity index is 2.46. The monoisotopic (exact) mass is 245 g/mol. The highest BCUT2D eigenvalue weighted by molar-refractivity contribution is 7.84. The van der Waals surface area contributed by atoms with Gasteiger partial charge >= 0.3 is 5.97 Å². The molecule has 90 valence electrons. The Morgan fingerprint density at radius 3 is 2.81 bits per heavy atom. The third-order valence-electron chi connectivity index (χ3n) is 2.04. The van der Waals surface area contributed by atoms with Gasteiger partial charge in [-0.15, -0.1) is 0 Å². The van der Waals surface area contributed by atoms with Gasteiger partial charge in [-0.1, -0.05) is 0 Å². The summed E-state index contributed by atoms with van der Waals surface area (Å²) < 4.78 is 15.9. The molecule has 5 nitrogen and oxygen atoms in total. The molecule has 0 saturated heterocycles. The molecule has 0 bridgehead atoms. The van der Waals surface area contributed by atoms with E-state index in [0.29, 0.717) is 11.6 Å². The van der Waals surface area contributed by atoms with Crippen LogP contribution in [0.2, 0.25) is 0 Å². The van der Waals surface area contributed by atoms with Gasteiger partial charge < -0.3 is 14.8 Å². The van der Waals surface area contributed by atoms with E-state index in [9.17, 15) is 9.00 Å². The van der Waals surface area contributed by atoms with Crippen molar-refractivity contribution in [1.29, 1.82) is 0 Å². The molecule has 0 fully saturated rings. The normalized spacial score (nSPS) is 14.4. The van der Waals surface area contributed by atoms with Crippen molar-refractivity contribution in [2.45, 2.75) is 19.4 Å². The molecule has 1 aromatic rings. The molecule has 0 radical (unpaired) electrons. The van der Waals surface area contributed by atoms with E-state index in [1.807, 2.05) is 6.92 Å². The average Bonchev–Trinajstić information content (AvgIpc) is 2.63. The van der Waals surface area contributed by atoms with Crippen LogP contribution in [0.5, 0.6) is 0 Å². The van der Waals surface area contributed by atoms with Crippen LogP contribution >= 0.6 is 0 Å². The minimum atomic E-state index is -1.09. The number of rotatable bonds is 6. The summed E-state index contributed by atoms with van der Waals surface area (Å²) in [6.07, 6.45) is 2.40. The summed E-state index contributed by atoms with van der Waals surface area (Å²) in [5, 5.41) is 11.7. The van der Waals surface area contributed by atoms with Crippen LogP contribution in [-0.2, 0) is 10.8 Å². The second kappa shape index (κ2) is 5.69. The zero-order valence-corrected chi connectivity index (χ0v) is 10.0. The van der Waals surface area contributed by atoms with Gasteiger partial charge in [0.15, 0.2) is 5.88 Å².